The lowest BCUT2D eigenvalue weighted by molar-refractivity contribution is 1.02. The van der Waals surface area contributed by atoms with Gasteiger partial charge in [0, 0.05) is 43.3 Å². The lowest BCUT2D eigenvalue weighted by Crippen LogP contribution is -2.04. The maximum absolute atomic E-state index is 8.98. The van der Waals surface area contributed by atoms with Crippen molar-refractivity contribution in [1.82, 2.24) is 18.9 Å². The molecule has 0 aliphatic heterocycles. The van der Waals surface area contributed by atoms with Crippen LogP contribution in [0.25, 0.3) is 98.8 Å². The summed E-state index contributed by atoms with van der Waals surface area (Å²) in [4.78, 5) is 10.7. The molecule has 0 amide bonds. The zero-order valence-electron chi connectivity index (χ0n) is 26.5. The summed E-state index contributed by atoms with van der Waals surface area (Å²) in [5, 5.41) is 9.24. The van der Waals surface area contributed by atoms with Crippen LogP contribution in [0.2, 0.25) is 0 Å². The van der Waals surface area contributed by atoms with Crippen molar-refractivity contribution in [2.75, 3.05) is 0 Å². The van der Waals surface area contributed by atoms with Crippen LogP contribution in [0.4, 0.5) is 0 Å². The maximum Gasteiger partial charge on any atom is 0.235 e. The lowest BCUT2D eigenvalue weighted by Gasteiger charge is -2.13. The number of nitrogens with zero attached hydrogens (tertiary/aromatic N) is 4. The van der Waals surface area contributed by atoms with Gasteiger partial charge in [0.15, 0.2) is 0 Å². The first kappa shape index (κ1) is 22.3. The molecule has 0 aliphatic carbocycles. The standard InChI is InChI=1S/C42H24N4/c1-2-12-26(13-3-1)39-32-24-23-25-11-4-5-14-27(25)40(32)44-42(43-39)46-34-20-9-16-29-31-18-8-17-30-28-15-6-7-19-33(28)45(41(30)31)35-21-10-22-36(46)38(35)37(29)34/h1-24H/i15D,17D. The van der Waals surface area contributed by atoms with Gasteiger partial charge in [0.1, 0.15) is 0 Å². The van der Waals surface area contributed by atoms with Crippen LogP contribution in [-0.4, -0.2) is 18.9 Å². The first-order valence-corrected chi connectivity index (χ1v) is 15.5. The van der Waals surface area contributed by atoms with E-state index in [9.17, 15) is 0 Å². The van der Waals surface area contributed by atoms with Crippen LogP contribution in [0.15, 0.2) is 146 Å². The van der Waals surface area contributed by atoms with Gasteiger partial charge in [-0.05, 0) is 41.1 Å². The molecule has 0 unspecified atom stereocenters. The van der Waals surface area contributed by atoms with Crippen molar-refractivity contribution in [1.29, 1.82) is 0 Å². The molecule has 0 atom stereocenters. The number of rotatable bonds is 2. The summed E-state index contributed by atoms with van der Waals surface area (Å²) in [6.07, 6.45) is 0. The summed E-state index contributed by atoms with van der Waals surface area (Å²) in [5.41, 5.74) is 7.80. The maximum atomic E-state index is 8.98. The summed E-state index contributed by atoms with van der Waals surface area (Å²) in [5.74, 6) is 0.616. The van der Waals surface area contributed by atoms with Gasteiger partial charge < -0.3 is 4.40 Å². The van der Waals surface area contributed by atoms with E-state index in [-0.39, 0.29) is 0 Å². The zero-order chi connectivity index (χ0) is 31.7. The van der Waals surface area contributed by atoms with Crippen LogP contribution in [0.5, 0.6) is 0 Å². The predicted molar refractivity (Wildman–Crippen MR) is 191 cm³/mol. The first-order chi connectivity index (χ1) is 23.7. The van der Waals surface area contributed by atoms with Crippen molar-refractivity contribution in [3.63, 3.8) is 0 Å². The van der Waals surface area contributed by atoms with Gasteiger partial charge in [0.25, 0.3) is 0 Å². The smallest absolute Gasteiger partial charge is 0.235 e. The zero-order valence-corrected chi connectivity index (χ0v) is 24.5. The van der Waals surface area contributed by atoms with Crippen LogP contribution in [0, 0.1) is 0 Å². The number of para-hydroxylation sites is 2. The molecular weight excluding hydrogens is 560 g/mol. The van der Waals surface area contributed by atoms with Crippen LogP contribution in [-0.2, 0) is 0 Å². The first-order valence-electron chi connectivity index (χ1n) is 16.5. The molecular formula is C42H24N4. The van der Waals surface area contributed by atoms with E-state index in [0.717, 1.165) is 92.8 Å². The van der Waals surface area contributed by atoms with Crippen molar-refractivity contribution in [2.45, 2.75) is 0 Å². The summed E-state index contributed by atoms with van der Waals surface area (Å²) in [7, 11) is 0. The molecule has 0 saturated carbocycles. The highest BCUT2D eigenvalue weighted by molar-refractivity contribution is 6.31. The topological polar surface area (TPSA) is 35.1 Å². The minimum atomic E-state index is 0.427. The van der Waals surface area contributed by atoms with Crippen LogP contribution >= 0.6 is 0 Å². The van der Waals surface area contributed by atoms with Crippen LogP contribution < -0.4 is 0 Å². The average Bonchev–Trinajstić information content (AvgIpc) is 3.63. The van der Waals surface area contributed by atoms with Crippen molar-refractivity contribution >= 4 is 81.6 Å². The fraction of sp³-hybridized carbons (Fsp3) is 0. The van der Waals surface area contributed by atoms with Crippen molar-refractivity contribution in [2.24, 2.45) is 0 Å². The fourth-order valence-electron chi connectivity index (χ4n) is 7.80. The Hall–Kier alpha value is -6.26. The third kappa shape index (κ3) is 2.98. The third-order valence-corrected chi connectivity index (χ3v) is 9.67. The van der Waals surface area contributed by atoms with E-state index < -0.39 is 0 Å². The highest BCUT2D eigenvalue weighted by atomic mass is 15.2. The molecule has 11 rings (SSSR count). The second-order valence-electron chi connectivity index (χ2n) is 12.0. The lowest BCUT2D eigenvalue weighted by atomic mass is 10.0. The molecule has 46 heavy (non-hydrogen) atoms. The molecule has 4 aromatic heterocycles. The quantitative estimate of drug-likeness (QED) is 0.189. The van der Waals surface area contributed by atoms with Gasteiger partial charge in [-0.3, -0.25) is 4.57 Å². The van der Waals surface area contributed by atoms with E-state index in [4.69, 9.17) is 12.7 Å². The third-order valence-electron chi connectivity index (χ3n) is 9.67. The Morgan fingerprint density at radius 2 is 1.17 bits per heavy atom. The Morgan fingerprint density at radius 3 is 2.11 bits per heavy atom. The Labute approximate surface area is 265 Å². The van der Waals surface area contributed by atoms with E-state index in [1.807, 2.05) is 24.3 Å². The normalized spacial score (nSPS) is 13.0. The minimum Gasteiger partial charge on any atom is -0.308 e. The van der Waals surface area contributed by atoms with E-state index in [0.29, 0.717) is 18.0 Å². The van der Waals surface area contributed by atoms with Gasteiger partial charge in [0.2, 0.25) is 5.95 Å². The van der Waals surface area contributed by atoms with Crippen molar-refractivity contribution in [3.8, 4) is 17.2 Å². The molecule has 0 radical (unpaired) electrons. The Balaban J connectivity index is 1.38. The fourth-order valence-corrected chi connectivity index (χ4v) is 7.80. The summed E-state index contributed by atoms with van der Waals surface area (Å²) < 4.78 is 22.4. The molecule has 212 valence electrons. The van der Waals surface area contributed by atoms with Gasteiger partial charge in [-0.2, -0.15) is 0 Å². The largest absolute Gasteiger partial charge is 0.308 e. The molecule has 0 bridgehead atoms. The van der Waals surface area contributed by atoms with Gasteiger partial charge in [-0.15, -0.1) is 0 Å². The van der Waals surface area contributed by atoms with E-state index >= 15 is 0 Å². The number of aromatic nitrogens is 4. The Morgan fingerprint density at radius 1 is 0.457 bits per heavy atom. The van der Waals surface area contributed by atoms with Crippen LogP contribution in [0.1, 0.15) is 2.74 Å². The summed E-state index contributed by atoms with van der Waals surface area (Å²) >= 11 is 0. The van der Waals surface area contributed by atoms with Crippen molar-refractivity contribution in [3.05, 3.63) is 146 Å². The molecule has 0 N–H and O–H groups in total. The van der Waals surface area contributed by atoms with E-state index in [2.05, 4.69) is 118 Å². The van der Waals surface area contributed by atoms with Gasteiger partial charge in [0.05, 0.1) is 41.5 Å². The number of fused-ring (bicyclic) bond motifs is 8. The molecule has 4 nitrogen and oxygen atoms in total. The molecule has 7 aromatic carbocycles. The highest BCUT2D eigenvalue weighted by Crippen LogP contribution is 2.44. The highest BCUT2D eigenvalue weighted by Gasteiger charge is 2.23. The van der Waals surface area contributed by atoms with Gasteiger partial charge >= 0.3 is 0 Å². The Kier molecular flexibility index (Phi) is 4.20. The predicted octanol–water partition coefficient (Wildman–Crippen LogP) is 10.7. The molecule has 4 heteroatoms. The molecule has 0 spiro atoms. The van der Waals surface area contributed by atoms with Crippen LogP contribution in [0.3, 0.4) is 0 Å². The van der Waals surface area contributed by atoms with E-state index in [1.54, 1.807) is 0 Å². The average molecular weight is 587 g/mol. The number of hydrogen-bond donors (Lipinski definition) is 0. The molecule has 0 fully saturated rings. The summed E-state index contributed by atoms with van der Waals surface area (Å²) in [6.45, 7) is 0. The minimum absolute atomic E-state index is 0.427. The molecule has 0 saturated heterocycles. The second kappa shape index (κ2) is 8.68. The van der Waals surface area contributed by atoms with Crippen molar-refractivity contribution < 1.29 is 2.74 Å². The SMILES string of the molecule is [2H]c1cccc2c1c1c([2H])ccc3c4cccc5c4c4c(cccc4n2c31)n5-c1nc(-c2ccccc2)c2ccc3ccccc3c2n1. The monoisotopic (exact) mass is 586 g/mol. The molecule has 11 aromatic rings. The van der Waals surface area contributed by atoms with E-state index in [1.165, 1.54) is 0 Å². The summed E-state index contributed by atoms with van der Waals surface area (Å²) in [6, 6.07) is 46.6. The van der Waals surface area contributed by atoms with Gasteiger partial charge in [-0.1, -0.05) is 115 Å². The second-order valence-corrected chi connectivity index (χ2v) is 12.0. The number of benzene rings is 7. The molecule has 4 heterocycles. The number of hydrogen-bond acceptors (Lipinski definition) is 2. The Bertz CT molecular complexity index is 3140. The van der Waals surface area contributed by atoms with Gasteiger partial charge in [-0.25, -0.2) is 9.97 Å². The molecule has 0 aliphatic rings.